The Morgan fingerprint density at radius 1 is 0.778 bits per heavy atom. The molecule has 0 bridgehead atoms. The van der Waals surface area contributed by atoms with E-state index in [2.05, 4.69) is 38.1 Å². The molecule has 0 fully saturated rings. The van der Waals surface area contributed by atoms with E-state index in [0.29, 0.717) is 0 Å². The minimum atomic E-state index is -4.64. The topological polar surface area (TPSA) is 156 Å². The fraction of sp³-hybridized carbons (Fsp3) is 0.250. The average Bonchev–Trinajstić information content (AvgIpc) is 1.95. The SMILES string of the molecule is Cc1cccc(C)c1.O=P(O)(O)O.O=P(O)(O)O. The van der Waals surface area contributed by atoms with Crippen molar-refractivity contribution in [1.82, 2.24) is 0 Å². The second kappa shape index (κ2) is 8.53. The van der Waals surface area contributed by atoms with Crippen molar-refractivity contribution >= 4 is 15.6 Å². The third kappa shape index (κ3) is 36.1. The zero-order valence-corrected chi connectivity index (χ0v) is 11.5. The lowest BCUT2D eigenvalue weighted by Crippen LogP contribution is -1.71. The van der Waals surface area contributed by atoms with E-state index in [9.17, 15) is 0 Å². The number of aryl methyl sites for hydroxylation is 2. The smallest absolute Gasteiger partial charge is 0.303 e. The summed E-state index contributed by atoms with van der Waals surface area (Å²) in [6, 6.07) is 8.45. The molecule has 0 aliphatic heterocycles. The monoisotopic (exact) mass is 302 g/mol. The minimum absolute atomic E-state index is 1.34. The van der Waals surface area contributed by atoms with Crippen LogP contribution < -0.4 is 0 Å². The summed E-state index contributed by atoms with van der Waals surface area (Å²) in [7, 11) is -9.28. The van der Waals surface area contributed by atoms with Crippen LogP contribution in [-0.4, -0.2) is 29.4 Å². The second-order valence-corrected chi connectivity index (χ2v) is 5.24. The Hall–Kier alpha value is -0.560. The molecular formula is C8H16O8P2. The first-order valence-electron chi connectivity index (χ1n) is 4.39. The lowest BCUT2D eigenvalue weighted by atomic mass is 10.2. The molecule has 6 N–H and O–H groups in total. The first-order chi connectivity index (χ1) is 7.79. The van der Waals surface area contributed by atoms with Gasteiger partial charge in [0.25, 0.3) is 0 Å². The van der Waals surface area contributed by atoms with Crippen molar-refractivity contribution in [3.8, 4) is 0 Å². The Morgan fingerprint density at radius 2 is 1.00 bits per heavy atom. The molecule has 0 aliphatic rings. The summed E-state index contributed by atoms with van der Waals surface area (Å²) >= 11 is 0. The fourth-order valence-corrected chi connectivity index (χ4v) is 0.807. The Kier molecular flexibility index (Phi) is 9.37. The molecule has 0 amide bonds. The van der Waals surface area contributed by atoms with Crippen LogP contribution >= 0.6 is 15.6 Å². The van der Waals surface area contributed by atoms with Gasteiger partial charge in [-0.3, -0.25) is 0 Å². The van der Waals surface area contributed by atoms with E-state index < -0.39 is 15.6 Å². The average molecular weight is 302 g/mol. The molecule has 10 heteroatoms. The molecule has 0 heterocycles. The highest BCUT2D eigenvalue weighted by Crippen LogP contribution is 2.26. The fourth-order valence-electron chi connectivity index (χ4n) is 0.807. The van der Waals surface area contributed by atoms with E-state index in [4.69, 9.17) is 38.5 Å². The molecule has 0 aromatic heterocycles. The summed E-state index contributed by atoms with van der Waals surface area (Å²) in [4.78, 5) is 43.1. The molecule has 106 valence electrons. The molecule has 0 saturated heterocycles. The number of hydrogen-bond donors (Lipinski definition) is 6. The maximum Gasteiger partial charge on any atom is 0.466 e. The molecule has 1 aromatic carbocycles. The molecule has 0 saturated carbocycles. The number of benzene rings is 1. The van der Waals surface area contributed by atoms with Crippen LogP contribution in [-0.2, 0) is 9.13 Å². The van der Waals surface area contributed by atoms with Gasteiger partial charge < -0.3 is 29.4 Å². The van der Waals surface area contributed by atoms with Crippen LogP contribution in [0, 0.1) is 13.8 Å². The Bertz CT molecular complexity index is 381. The van der Waals surface area contributed by atoms with E-state index >= 15 is 0 Å². The van der Waals surface area contributed by atoms with Gasteiger partial charge in [0, 0.05) is 0 Å². The summed E-state index contributed by atoms with van der Waals surface area (Å²) in [5.41, 5.74) is 2.68. The van der Waals surface area contributed by atoms with E-state index in [1.54, 1.807) is 0 Å². The van der Waals surface area contributed by atoms with Crippen molar-refractivity contribution in [3.63, 3.8) is 0 Å². The maximum atomic E-state index is 8.88. The third-order valence-corrected chi connectivity index (χ3v) is 1.17. The molecular weight excluding hydrogens is 286 g/mol. The van der Waals surface area contributed by atoms with Crippen molar-refractivity contribution in [1.29, 1.82) is 0 Å². The molecule has 18 heavy (non-hydrogen) atoms. The summed E-state index contributed by atoms with van der Waals surface area (Å²) in [6.45, 7) is 4.21. The van der Waals surface area contributed by atoms with Crippen LogP contribution in [0.25, 0.3) is 0 Å². The van der Waals surface area contributed by atoms with Crippen LogP contribution in [0.1, 0.15) is 11.1 Å². The van der Waals surface area contributed by atoms with Gasteiger partial charge in [-0.05, 0) is 13.8 Å². The first kappa shape index (κ1) is 19.8. The summed E-state index contributed by atoms with van der Waals surface area (Å²) in [6.07, 6.45) is 0. The van der Waals surface area contributed by atoms with Gasteiger partial charge in [-0.2, -0.15) is 0 Å². The molecule has 0 unspecified atom stereocenters. The van der Waals surface area contributed by atoms with Gasteiger partial charge in [-0.1, -0.05) is 35.4 Å². The van der Waals surface area contributed by atoms with Crippen LogP contribution in [0.15, 0.2) is 24.3 Å². The highest BCUT2D eigenvalue weighted by Gasteiger charge is 2.00. The van der Waals surface area contributed by atoms with Crippen LogP contribution in [0.4, 0.5) is 0 Å². The minimum Gasteiger partial charge on any atom is -0.303 e. The van der Waals surface area contributed by atoms with Gasteiger partial charge in [0.2, 0.25) is 0 Å². The van der Waals surface area contributed by atoms with Crippen LogP contribution in [0.5, 0.6) is 0 Å². The van der Waals surface area contributed by atoms with Crippen molar-refractivity contribution in [2.24, 2.45) is 0 Å². The normalized spacial score (nSPS) is 10.7. The van der Waals surface area contributed by atoms with E-state index in [1.165, 1.54) is 11.1 Å². The van der Waals surface area contributed by atoms with E-state index in [1.807, 2.05) is 0 Å². The molecule has 1 rings (SSSR count). The van der Waals surface area contributed by atoms with Crippen molar-refractivity contribution < 1.29 is 38.5 Å². The highest BCUT2D eigenvalue weighted by molar-refractivity contribution is 7.45. The van der Waals surface area contributed by atoms with Crippen LogP contribution in [0.2, 0.25) is 0 Å². The molecule has 1 aromatic rings. The molecule has 0 spiro atoms. The maximum absolute atomic E-state index is 8.88. The lowest BCUT2D eigenvalue weighted by Gasteiger charge is -1.90. The summed E-state index contributed by atoms with van der Waals surface area (Å²) in [5, 5.41) is 0. The zero-order valence-electron chi connectivity index (χ0n) is 9.70. The Labute approximate surface area is 104 Å². The van der Waals surface area contributed by atoms with Crippen molar-refractivity contribution in [3.05, 3.63) is 35.4 Å². The predicted octanol–water partition coefficient (Wildman–Crippen LogP) is 0.446. The second-order valence-electron chi connectivity index (χ2n) is 3.18. The van der Waals surface area contributed by atoms with E-state index in [-0.39, 0.29) is 0 Å². The van der Waals surface area contributed by atoms with Gasteiger partial charge >= 0.3 is 15.6 Å². The summed E-state index contributed by atoms with van der Waals surface area (Å²) in [5.74, 6) is 0. The summed E-state index contributed by atoms with van der Waals surface area (Å²) < 4.78 is 17.8. The standard InChI is InChI=1S/C8H10.2H3O4P/c1-7-4-3-5-8(2)6-7;2*1-5(2,3)4/h3-6H,1-2H3;2*(H3,1,2,3,4). The quantitative estimate of drug-likeness (QED) is 0.377. The number of hydrogen-bond acceptors (Lipinski definition) is 2. The Balaban J connectivity index is 0. The molecule has 8 nitrogen and oxygen atoms in total. The van der Waals surface area contributed by atoms with Crippen LogP contribution in [0.3, 0.4) is 0 Å². The van der Waals surface area contributed by atoms with Crippen molar-refractivity contribution in [2.45, 2.75) is 13.8 Å². The molecule has 0 radical (unpaired) electrons. The molecule has 0 aliphatic carbocycles. The van der Waals surface area contributed by atoms with E-state index in [0.717, 1.165) is 0 Å². The zero-order chi connectivity index (χ0) is 15.0. The largest absolute Gasteiger partial charge is 0.466 e. The van der Waals surface area contributed by atoms with Gasteiger partial charge in [-0.15, -0.1) is 0 Å². The van der Waals surface area contributed by atoms with Gasteiger partial charge in [0.05, 0.1) is 0 Å². The molecule has 0 atom stereocenters. The number of phosphoric acid groups is 2. The van der Waals surface area contributed by atoms with Crippen molar-refractivity contribution in [2.75, 3.05) is 0 Å². The number of rotatable bonds is 0. The Morgan fingerprint density at radius 3 is 1.11 bits per heavy atom. The third-order valence-electron chi connectivity index (χ3n) is 1.17. The van der Waals surface area contributed by atoms with Gasteiger partial charge in [-0.25, -0.2) is 9.13 Å². The first-order valence-corrected chi connectivity index (χ1v) is 7.52. The van der Waals surface area contributed by atoms with Gasteiger partial charge in [0.15, 0.2) is 0 Å². The highest BCUT2D eigenvalue weighted by atomic mass is 31.2. The lowest BCUT2D eigenvalue weighted by molar-refractivity contribution is 0.272. The predicted molar refractivity (Wildman–Crippen MR) is 64.4 cm³/mol. The van der Waals surface area contributed by atoms with Gasteiger partial charge in [0.1, 0.15) is 0 Å².